The first-order chi connectivity index (χ1) is 9.56. The number of nitrogens with zero attached hydrogens (tertiary/aromatic N) is 2. The van der Waals surface area contributed by atoms with Crippen molar-refractivity contribution in [3.05, 3.63) is 29.8 Å². The van der Waals surface area contributed by atoms with Crippen LogP contribution >= 0.6 is 0 Å². The van der Waals surface area contributed by atoms with Crippen molar-refractivity contribution in [1.29, 1.82) is 5.26 Å². The zero-order valence-electron chi connectivity index (χ0n) is 10.8. The van der Waals surface area contributed by atoms with Crippen LogP contribution in [0.15, 0.2) is 29.4 Å². The van der Waals surface area contributed by atoms with E-state index in [1.807, 2.05) is 6.07 Å². The highest BCUT2D eigenvalue weighted by atomic mass is 19.3. The van der Waals surface area contributed by atoms with E-state index in [1.165, 1.54) is 24.3 Å². The highest BCUT2D eigenvalue weighted by Gasteiger charge is 2.18. The topological polar surface area (TPSA) is 74.5 Å². The van der Waals surface area contributed by atoms with E-state index in [0.29, 0.717) is 11.3 Å². The van der Waals surface area contributed by atoms with E-state index in [2.05, 4.69) is 15.3 Å². The monoisotopic (exact) mass is 281 g/mol. The van der Waals surface area contributed by atoms with Crippen LogP contribution in [0.1, 0.15) is 18.9 Å². The minimum Gasteiger partial charge on any atom is -0.466 e. The largest absolute Gasteiger partial charge is 0.466 e. The molecule has 0 aromatic heterocycles. The van der Waals surface area contributed by atoms with Crippen LogP contribution in [0.5, 0.6) is 0 Å². The fourth-order valence-corrected chi connectivity index (χ4v) is 1.28. The standard InChI is InChI=1S/C13H13F2N3O2/c1-2-20-12(19)7-11(13(14)15)18-17-10-5-3-9(8-16)4-6-10/h3-6,13,17H,2,7H2,1H3. The molecule has 0 heterocycles. The highest BCUT2D eigenvalue weighted by molar-refractivity contribution is 6.01. The minimum absolute atomic E-state index is 0.123. The summed E-state index contributed by atoms with van der Waals surface area (Å²) in [5, 5.41) is 12.1. The van der Waals surface area contributed by atoms with E-state index < -0.39 is 24.5 Å². The maximum absolute atomic E-state index is 12.7. The first kappa shape index (κ1) is 15.6. The third-order valence-electron chi connectivity index (χ3n) is 2.23. The van der Waals surface area contributed by atoms with Crippen LogP contribution in [-0.2, 0) is 9.53 Å². The van der Waals surface area contributed by atoms with E-state index in [-0.39, 0.29) is 6.61 Å². The van der Waals surface area contributed by atoms with E-state index in [1.54, 1.807) is 6.92 Å². The molecule has 1 aromatic rings. The number of halogens is 2. The Morgan fingerprint density at radius 2 is 2.10 bits per heavy atom. The Hall–Kier alpha value is -2.49. The summed E-state index contributed by atoms with van der Waals surface area (Å²) < 4.78 is 30.0. The van der Waals surface area contributed by atoms with Crippen LogP contribution in [0, 0.1) is 11.3 Å². The number of carbonyl (C=O) groups excluding carboxylic acids is 1. The first-order valence-electron chi connectivity index (χ1n) is 5.83. The summed E-state index contributed by atoms with van der Waals surface area (Å²) >= 11 is 0. The van der Waals surface area contributed by atoms with Gasteiger partial charge in [-0.25, -0.2) is 8.78 Å². The van der Waals surface area contributed by atoms with Crippen molar-refractivity contribution in [2.45, 2.75) is 19.8 Å². The number of benzene rings is 1. The molecular formula is C13H13F2N3O2. The van der Waals surface area contributed by atoms with Crippen LogP contribution in [0.4, 0.5) is 14.5 Å². The zero-order chi connectivity index (χ0) is 15.0. The number of hydrazone groups is 1. The Morgan fingerprint density at radius 1 is 1.45 bits per heavy atom. The number of nitrogens with one attached hydrogen (secondary N) is 1. The van der Waals surface area contributed by atoms with Crippen molar-refractivity contribution < 1.29 is 18.3 Å². The van der Waals surface area contributed by atoms with Gasteiger partial charge in [0, 0.05) is 0 Å². The molecule has 1 rings (SSSR count). The molecule has 1 aromatic carbocycles. The molecule has 7 heteroatoms. The molecule has 1 N–H and O–H groups in total. The van der Waals surface area contributed by atoms with E-state index in [9.17, 15) is 13.6 Å². The van der Waals surface area contributed by atoms with Crippen molar-refractivity contribution in [3.63, 3.8) is 0 Å². The van der Waals surface area contributed by atoms with Gasteiger partial charge in [-0.05, 0) is 31.2 Å². The molecule has 0 unspecified atom stereocenters. The van der Waals surface area contributed by atoms with Gasteiger partial charge in [0.25, 0.3) is 6.43 Å². The van der Waals surface area contributed by atoms with Crippen molar-refractivity contribution in [2.75, 3.05) is 12.0 Å². The average Bonchev–Trinajstić information content (AvgIpc) is 2.44. The predicted octanol–water partition coefficient (Wildman–Crippen LogP) is 2.54. The van der Waals surface area contributed by atoms with Gasteiger partial charge < -0.3 is 4.74 Å². The van der Waals surface area contributed by atoms with E-state index in [0.717, 1.165) is 0 Å². The van der Waals surface area contributed by atoms with Crippen LogP contribution < -0.4 is 5.43 Å². The number of carbonyl (C=O) groups is 1. The maximum atomic E-state index is 12.7. The maximum Gasteiger partial charge on any atom is 0.311 e. The summed E-state index contributed by atoms with van der Waals surface area (Å²) in [6, 6.07) is 8.02. The lowest BCUT2D eigenvalue weighted by Gasteiger charge is -2.06. The third kappa shape index (κ3) is 5.02. The number of alkyl halides is 2. The van der Waals surface area contributed by atoms with Crippen LogP contribution in [0.3, 0.4) is 0 Å². The Kier molecular flexibility index (Phi) is 6.10. The normalized spacial score (nSPS) is 11.1. The van der Waals surface area contributed by atoms with Gasteiger partial charge in [0.15, 0.2) is 0 Å². The van der Waals surface area contributed by atoms with Crippen molar-refractivity contribution >= 4 is 17.4 Å². The summed E-state index contributed by atoms with van der Waals surface area (Å²) in [5.74, 6) is -0.756. The Bertz CT molecular complexity index is 521. The molecule has 0 amide bonds. The SMILES string of the molecule is CCOC(=O)CC(=NNc1ccc(C#N)cc1)C(F)F. The number of ether oxygens (including phenoxy) is 1. The number of hydrogen-bond donors (Lipinski definition) is 1. The summed E-state index contributed by atoms with van der Waals surface area (Å²) in [6.07, 6.45) is -3.43. The van der Waals surface area contributed by atoms with Gasteiger partial charge in [0.2, 0.25) is 0 Å². The number of nitriles is 1. The molecule has 0 fully saturated rings. The average molecular weight is 281 g/mol. The number of rotatable bonds is 6. The molecule has 0 bridgehead atoms. The molecule has 5 nitrogen and oxygen atoms in total. The predicted molar refractivity (Wildman–Crippen MR) is 69.5 cm³/mol. The quantitative estimate of drug-likeness (QED) is 0.494. The lowest BCUT2D eigenvalue weighted by molar-refractivity contribution is -0.141. The number of esters is 1. The lowest BCUT2D eigenvalue weighted by atomic mass is 10.2. The summed E-state index contributed by atoms with van der Waals surface area (Å²) in [6.45, 7) is 1.71. The number of hydrogen-bond acceptors (Lipinski definition) is 5. The van der Waals surface area contributed by atoms with E-state index in [4.69, 9.17) is 5.26 Å². The molecule has 106 valence electrons. The Morgan fingerprint density at radius 3 is 2.60 bits per heavy atom. The lowest BCUT2D eigenvalue weighted by Crippen LogP contribution is -2.19. The van der Waals surface area contributed by atoms with Crippen LogP contribution in [0.25, 0.3) is 0 Å². The summed E-state index contributed by atoms with van der Waals surface area (Å²) in [5.41, 5.74) is 2.69. The van der Waals surface area contributed by atoms with Gasteiger partial charge in [0.05, 0.1) is 30.3 Å². The van der Waals surface area contributed by atoms with Crippen molar-refractivity contribution in [1.82, 2.24) is 0 Å². The summed E-state index contributed by atoms with van der Waals surface area (Å²) in [7, 11) is 0. The molecule has 0 atom stereocenters. The fourth-order valence-electron chi connectivity index (χ4n) is 1.28. The minimum atomic E-state index is -2.86. The highest BCUT2D eigenvalue weighted by Crippen LogP contribution is 2.10. The van der Waals surface area contributed by atoms with Gasteiger partial charge in [-0.3, -0.25) is 10.2 Å². The molecule has 0 aliphatic rings. The van der Waals surface area contributed by atoms with Gasteiger partial charge >= 0.3 is 5.97 Å². The Labute approximate surface area is 114 Å². The second kappa shape index (κ2) is 7.84. The van der Waals surface area contributed by atoms with Gasteiger partial charge in [0.1, 0.15) is 5.71 Å². The molecule has 20 heavy (non-hydrogen) atoms. The summed E-state index contributed by atoms with van der Waals surface area (Å²) in [4.78, 5) is 11.2. The second-order valence-electron chi connectivity index (χ2n) is 3.69. The fraction of sp³-hybridized carbons (Fsp3) is 0.308. The van der Waals surface area contributed by atoms with Gasteiger partial charge in [-0.1, -0.05) is 0 Å². The van der Waals surface area contributed by atoms with Crippen molar-refractivity contribution in [2.24, 2.45) is 5.10 Å². The number of anilines is 1. The molecule has 0 spiro atoms. The molecule has 0 aliphatic heterocycles. The van der Waals surface area contributed by atoms with Gasteiger partial charge in [-0.15, -0.1) is 0 Å². The molecule has 0 saturated heterocycles. The van der Waals surface area contributed by atoms with E-state index >= 15 is 0 Å². The third-order valence-corrected chi connectivity index (χ3v) is 2.23. The molecule has 0 radical (unpaired) electrons. The smallest absolute Gasteiger partial charge is 0.311 e. The first-order valence-corrected chi connectivity index (χ1v) is 5.83. The Balaban J connectivity index is 2.71. The zero-order valence-corrected chi connectivity index (χ0v) is 10.8. The second-order valence-corrected chi connectivity index (χ2v) is 3.69. The van der Waals surface area contributed by atoms with Crippen LogP contribution in [-0.4, -0.2) is 24.7 Å². The molecule has 0 aliphatic carbocycles. The molecule has 0 saturated carbocycles. The van der Waals surface area contributed by atoms with Gasteiger partial charge in [-0.2, -0.15) is 10.4 Å². The van der Waals surface area contributed by atoms with Crippen LogP contribution in [0.2, 0.25) is 0 Å². The van der Waals surface area contributed by atoms with Crippen molar-refractivity contribution in [3.8, 4) is 6.07 Å². The molecular weight excluding hydrogens is 268 g/mol.